The molecular formula is C21H31N3O2. The molecule has 5 nitrogen and oxygen atoms in total. The number of hydrogen-bond acceptors (Lipinski definition) is 4. The summed E-state index contributed by atoms with van der Waals surface area (Å²) >= 11 is 0. The van der Waals surface area contributed by atoms with Crippen molar-refractivity contribution < 1.29 is 9.53 Å². The molecule has 1 aromatic carbocycles. The molecule has 5 heteroatoms. The Kier molecular flexibility index (Phi) is 6.33. The van der Waals surface area contributed by atoms with Gasteiger partial charge in [0.1, 0.15) is 0 Å². The summed E-state index contributed by atoms with van der Waals surface area (Å²) in [5, 5.41) is 6.57. The average Bonchev–Trinajstić information content (AvgIpc) is 2.67. The van der Waals surface area contributed by atoms with Gasteiger partial charge < -0.3 is 21.1 Å². The van der Waals surface area contributed by atoms with Crippen molar-refractivity contribution in [2.24, 2.45) is 0 Å². The molecule has 3 rings (SSSR count). The minimum absolute atomic E-state index is 0.00633. The number of hydrogen-bond donors (Lipinski definition) is 3. The molecule has 1 heterocycles. The largest absolute Gasteiger partial charge is 0.398 e. The summed E-state index contributed by atoms with van der Waals surface area (Å²) in [6.45, 7) is 4.41. The number of amides is 1. The highest BCUT2D eigenvalue weighted by atomic mass is 16.5. The molecule has 1 fully saturated rings. The molecule has 142 valence electrons. The SMILES string of the molecule is CC(=O)NCCNC1(c2ccc(N)c(C3=CCCCC3)c2)CCOCC1. The summed E-state index contributed by atoms with van der Waals surface area (Å²) in [6.07, 6.45) is 8.97. The molecular weight excluding hydrogens is 326 g/mol. The number of rotatable bonds is 6. The second-order valence-electron chi connectivity index (χ2n) is 7.38. The molecule has 2 aliphatic rings. The fourth-order valence-electron chi connectivity index (χ4n) is 4.04. The van der Waals surface area contributed by atoms with Gasteiger partial charge in [-0.1, -0.05) is 12.1 Å². The number of nitrogens with one attached hydrogen (secondary N) is 2. The smallest absolute Gasteiger partial charge is 0.216 e. The second-order valence-corrected chi connectivity index (χ2v) is 7.38. The van der Waals surface area contributed by atoms with Crippen LogP contribution in [0.15, 0.2) is 24.3 Å². The lowest BCUT2D eigenvalue weighted by atomic mass is 9.80. The lowest BCUT2D eigenvalue weighted by Crippen LogP contribution is -2.49. The monoisotopic (exact) mass is 357 g/mol. The van der Waals surface area contributed by atoms with E-state index in [4.69, 9.17) is 10.5 Å². The molecule has 0 saturated carbocycles. The zero-order valence-electron chi connectivity index (χ0n) is 15.8. The van der Waals surface area contributed by atoms with Gasteiger partial charge in [-0.25, -0.2) is 0 Å². The van der Waals surface area contributed by atoms with Crippen LogP contribution < -0.4 is 16.4 Å². The van der Waals surface area contributed by atoms with Crippen LogP contribution in [0.25, 0.3) is 5.57 Å². The lowest BCUT2D eigenvalue weighted by molar-refractivity contribution is -0.118. The first-order chi connectivity index (χ1) is 12.6. The number of ether oxygens (including phenoxy) is 1. The van der Waals surface area contributed by atoms with Crippen LogP contribution in [0, 0.1) is 0 Å². The predicted molar refractivity (Wildman–Crippen MR) is 106 cm³/mol. The Bertz CT molecular complexity index is 663. The van der Waals surface area contributed by atoms with Gasteiger partial charge in [-0.3, -0.25) is 4.79 Å². The number of nitrogens with two attached hydrogens (primary N) is 1. The fraction of sp³-hybridized carbons (Fsp3) is 0.571. The van der Waals surface area contributed by atoms with Gasteiger partial charge in [0.05, 0.1) is 0 Å². The summed E-state index contributed by atoms with van der Waals surface area (Å²) in [4.78, 5) is 11.1. The number of allylic oxidation sites excluding steroid dienone is 2. The number of nitrogen functional groups attached to an aromatic ring is 1. The van der Waals surface area contributed by atoms with E-state index in [1.807, 2.05) is 6.07 Å². The van der Waals surface area contributed by atoms with Crippen molar-refractivity contribution in [3.63, 3.8) is 0 Å². The van der Waals surface area contributed by atoms with Gasteiger partial charge in [-0.15, -0.1) is 0 Å². The second kappa shape index (κ2) is 8.69. The summed E-state index contributed by atoms with van der Waals surface area (Å²) < 4.78 is 5.62. The first-order valence-corrected chi connectivity index (χ1v) is 9.77. The molecule has 1 aromatic rings. The van der Waals surface area contributed by atoms with Crippen LogP contribution in [-0.2, 0) is 15.1 Å². The third kappa shape index (κ3) is 4.46. The predicted octanol–water partition coefficient (Wildman–Crippen LogP) is 2.96. The minimum atomic E-state index is -0.117. The standard InChI is InChI=1S/C21H31N3O2/c1-16(25)23-11-12-24-21(9-13-26-14-10-21)18-7-8-20(22)19(15-18)17-5-3-2-4-6-17/h5,7-8,15,24H,2-4,6,9-14,22H2,1H3,(H,23,25). The van der Waals surface area contributed by atoms with Gasteiger partial charge >= 0.3 is 0 Å². The summed E-state index contributed by atoms with van der Waals surface area (Å²) in [5.74, 6) is 0.00633. The molecule has 26 heavy (non-hydrogen) atoms. The highest BCUT2D eigenvalue weighted by Gasteiger charge is 2.34. The molecule has 0 aromatic heterocycles. The maximum absolute atomic E-state index is 11.1. The van der Waals surface area contributed by atoms with Gasteiger partial charge in [0.2, 0.25) is 5.91 Å². The van der Waals surface area contributed by atoms with Crippen LogP contribution in [0.3, 0.4) is 0 Å². The Morgan fingerprint density at radius 2 is 2.04 bits per heavy atom. The van der Waals surface area contributed by atoms with Gasteiger partial charge in [-0.05, 0) is 61.8 Å². The normalized spacial score (nSPS) is 19.7. The number of carbonyl (C=O) groups is 1. The summed E-state index contributed by atoms with van der Waals surface area (Å²) in [5.41, 5.74) is 10.9. The summed E-state index contributed by atoms with van der Waals surface area (Å²) in [7, 11) is 0. The minimum Gasteiger partial charge on any atom is -0.398 e. The molecule has 0 spiro atoms. The van der Waals surface area contributed by atoms with Crippen molar-refractivity contribution in [1.82, 2.24) is 10.6 Å². The molecule has 1 amide bonds. The number of carbonyl (C=O) groups excluding carboxylic acids is 1. The van der Waals surface area contributed by atoms with E-state index in [-0.39, 0.29) is 11.4 Å². The molecule has 1 aliphatic carbocycles. The van der Waals surface area contributed by atoms with Crippen molar-refractivity contribution >= 4 is 17.2 Å². The third-order valence-corrected chi connectivity index (χ3v) is 5.55. The van der Waals surface area contributed by atoms with Gasteiger partial charge in [0.15, 0.2) is 0 Å². The first-order valence-electron chi connectivity index (χ1n) is 9.77. The maximum Gasteiger partial charge on any atom is 0.216 e. The van der Waals surface area contributed by atoms with E-state index >= 15 is 0 Å². The Balaban J connectivity index is 1.84. The van der Waals surface area contributed by atoms with Crippen LogP contribution in [0.5, 0.6) is 0 Å². The van der Waals surface area contributed by atoms with E-state index in [0.29, 0.717) is 6.54 Å². The Morgan fingerprint density at radius 1 is 1.23 bits per heavy atom. The Hall–Kier alpha value is -1.85. The van der Waals surface area contributed by atoms with E-state index in [1.54, 1.807) is 6.92 Å². The summed E-state index contributed by atoms with van der Waals surface area (Å²) in [6, 6.07) is 6.48. The van der Waals surface area contributed by atoms with Crippen molar-refractivity contribution in [2.75, 3.05) is 32.0 Å². The quantitative estimate of drug-likeness (QED) is 0.540. The molecule has 1 saturated heterocycles. The molecule has 4 N–H and O–H groups in total. The Morgan fingerprint density at radius 3 is 2.73 bits per heavy atom. The average molecular weight is 357 g/mol. The van der Waals surface area contributed by atoms with Crippen LogP contribution in [0.1, 0.15) is 56.6 Å². The molecule has 1 aliphatic heterocycles. The highest BCUT2D eigenvalue weighted by Crippen LogP contribution is 2.37. The molecule has 0 radical (unpaired) electrons. The van der Waals surface area contributed by atoms with Gasteiger partial charge in [-0.2, -0.15) is 0 Å². The van der Waals surface area contributed by atoms with E-state index < -0.39 is 0 Å². The maximum atomic E-state index is 11.1. The number of benzene rings is 1. The van der Waals surface area contributed by atoms with Crippen molar-refractivity contribution in [1.29, 1.82) is 0 Å². The van der Waals surface area contributed by atoms with E-state index in [1.165, 1.54) is 29.5 Å². The van der Waals surface area contributed by atoms with Gasteiger partial charge in [0, 0.05) is 50.0 Å². The topological polar surface area (TPSA) is 76.4 Å². The van der Waals surface area contributed by atoms with Crippen LogP contribution >= 0.6 is 0 Å². The lowest BCUT2D eigenvalue weighted by Gasteiger charge is -2.39. The van der Waals surface area contributed by atoms with E-state index in [2.05, 4.69) is 28.8 Å². The van der Waals surface area contributed by atoms with Crippen LogP contribution in [0.2, 0.25) is 0 Å². The number of anilines is 1. The molecule has 0 bridgehead atoms. The van der Waals surface area contributed by atoms with Crippen molar-refractivity contribution in [2.45, 2.75) is 51.0 Å². The van der Waals surface area contributed by atoms with Crippen LogP contribution in [0.4, 0.5) is 5.69 Å². The highest BCUT2D eigenvalue weighted by molar-refractivity contribution is 5.76. The zero-order chi connectivity index (χ0) is 18.4. The molecule has 0 unspecified atom stereocenters. The van der Waals surface area contributed by atoms with Crippen molar-refractivity contribution in [3.8, 4) is 0 Å². The van der Waals surface area contributed by atoms with E-state index in [0.717, 1.165) is 51.1 Å². The van der Waals surface area contributed by atoms with E-state index in [9.17, 15) is 4.79 Å². The van der Waals surface area contributed by atoms with Gasteiger partial charge in [0.25, 0.3) is 0 Å². The third-order valence-electron chi connectivity index (χ3n) is 5.55. The molecule has 0 atom stereocenters. The Labute approximate surface area is 156 Å². The fourth-order valence-corrected chi connectivity index (χ4v) is 4.04. The van der Waals surface area contributed by atoms with Crippen LogP contribution in [-0.4, -0.2) is 32.2 Å². The van der Waals surface area contributed by atoms with Crippen molar-refractivity contribution in [3.05, 3.63) is 35.4 Å². The first kappa shape index (κ1) is 18.9. The zero-order valence-corrected chi connectivity index (χ0v) is 15.8.